The fraction of sp³-hybridized carbons (Fsp3) is 0.500. The number of carbonyl (C=O) groups is 1. The minimum atomic E-state index is -1.26. The largest absolute Gasteiger partial charge is 0.442 e. The van der Waals surface area contributed by atoms with Crippen molar-refractivity contribution in [3.05, 3.63) is 35.9 Å². The molecule has 1 fully saturated rings. The number of hydrogen-bond donors (Lipinski definition) is 2. The summed E-state index contributed by atoms with van der Waals surface area (Å²) < 4.78 is 5.28. The van der Waals surface area contributed by atoms with Gasteiger partial charge in [0.05, 0.1) is 0 Å². The van der Waals surface area contributed by atoms with Crippen molar-refractivity contribution in [2.45, 2.75) is 43.9 Å². The van der Waals surface area contributed by atoms with Gasteiger partial charge < -0.3 is 9.84 Å². The first-order chi connectivity index (χ1) is 8.61. The zero-order valence-corrected chi connectivity index (χ0v) is 10.3. The van der Waals surface area contributed by atoms with E-state index in [4.69, 9.17) is 10.5 Å². The monoisotopic (exact) mass is 249 g/mol. The van der Waals surface area contributed by atoms with E-state index in [1.807, 2.05) is 6.07 Å². The molecule has 4 nitrogen and oxygen atoms in total. The molecule has 0 bridgehead atoms. The van der Waals surface area contributed by atoms with Crippen LogP contribution in [0.5, 0.6) is 0 Å². The summed E-state index contributed by atoms with van der Waals surface area (Å²) in [5, 5.41) is 9.90. The lowest BCUT2D eigenvalue weighted by Gasteiger charge is -2.33. The first-order valence-electron chi connectivity index (χ1n) is 6.35. The molecule has 0 saturated heterocycles. The van der Waals surface area contributed by atoms with Gasteiger partial charge in [-0.3, -0.25) is 5.73 Å². The lowest BCUT2D eigenvalue weighted by Crippen LogP contribution is -2.46. The molecular weight excluding hydrogens is 230 g/mol. The van der Waals surface area contributed by atoms with Gasteiger partial charge in [0.15, 0.2) is 11.8 Å². The smallest absolute Gasteiger partial charge is 0.341 e. The fourth-order valence-electron chi connectivity index (χ4n) is 2.28. The van der Waals surface area contributed by atoms with E-state index < -0.39 is 17.8 Å². The number of hydrogen-bond acceptors (Lipinski definition) is 4. The highest BCUT2D eigenvalue weighted by molar-refractivity contribution is 5.76. The molecule has 1 aromatic rings. The maximum Gasteiger partial charge on any atom is 0.341 e. The zero-order chi connectivity index (χ0) is 13.0. The second-order valence-electron chi connectivity index (χ2n) is 4.86. The Kier molecular flexibility index (Phi) is 3.99. The average molecular weight is 249 g/mol. The van der Waals surface area contributed by atoms with Crippen LogP contribution in [0.1, 0.15) is 43.8 Å². The summed E-state index contributed by atoms with van der Waals surface area (Å²) in [5.74, 6) is -0.661. The molecule has 0 amide bonds. The van der Waals surface area contributed by atoms with E-state index in [1.165, 1.54) is 0 Å². The summed E-state index contributed by atoms with van der Waals surface area (Å²) in [7, 11) is 0. The Bertz CT molecular complexity index is 399. The van der Waals surface area contributed by atoms with Crippen molar-refractivity contribution in [3.8, 4) is 0 Å². The molecule has 0 aromatic heterocycles. The van der Waals surface area contributed by atoms with Crippen molar-refractivity contribution in [2.75, 3.05) is 0 Å². The molecule has 3 N–H and O–H groups in total. The summed E-state index contributed by atoms with van der Waals surface area (Å²) in [6.45, 7) is 0. The summed E-state index contributed by atoms with van der Waals surface area (Å²) in [4.78, 5) is 11.9. The minimum absolute atomic E-state index is 0.530. The van der Waals surface area contributed by atoms with Crippen molar-refractivity contribution < 1.29 is 14.6 Å². The van der Waals surface area contributed by atoms with Gasteiger partial charge in [0, 0.05) is 12.8 Å². The fourth-order valence-corrected chi connectivity index (χ4v) is 2.28. The maximum absolute atomic E-state index is 11.9. The minimum Gasteiger partial charge on any atom is -0.442 e. The number of rotatable bonds is 3. The van der Waals surface area contributed by atoms with E-state index in [2.05, 4.69) is 0 Å². The van der Waals surface area contributed by atoms with Gasteiger partial charge in [-0.1, -0.05) is 36.8 Å². The molecule has 4 heteroatoms. The normalized spacial score (nSPS) is 20.1. The van der Waals surface area contributed by atoms with Crippen LogP contribution in [0.15, 0.2) is 30.3 Å². The molecule has 1 aliphatic carbocycles. The van der Waals surface area contributed by atoms with Gasteiger partial charge in [0.2, 0.25) is 0 Å². The van der Waals surface area contributed by atoms with Crippen LogP contribution < -0.4 is 5.73 Å². The summed E-state index contributed by atoms with van der Waals surface area (Å²) in [6, 6.07) is 8.74. The van der Waals surface area contributed by atoms with E-state index >= 15 is 0 Å². The molecule has 2 rings (SSSR count). The van der Waals surface area contributed by atoms with E-state index in [0.29, 0.717) is 18.4 Å². The SMILES string of the molecule is NC1(OC(=O)[C@@H](O)c2ccccc2)CCCCC1. The van der Waals surface area contributed by atoms with Crippen LogP contribution in [-0.2, 0) is 9.53 Å². The molecule has 1 aromatic carbocycles. The first kappa shape index (κ1) is 13.1. The predicted molar refractivity (Wildman–Crippen MR) is 67.5 cm³/mol. The topological polar surface area (TPSA) is 72.5 Å². The Balaban J connectivity index is 1.99. The molecule has 98 valence electrons. The van der Waals surface area contributed by atoms with Gasteiger partial charge in [0.25, 0.3) is 0 Å². The van der Waals surface area contributed by atoms with E-state index in [1.54, 1.807) is 24.3 Å². The standard InChI is InChI=1S/C14H19NO3/c15-14(9-5-2-6-10-14)18-13(17)12(16)11-7-3-1-4-8-11/h1,3-4,7-8,12,16H,2,5-6,9-10,15H2/t12-/m0/s1. The van der Waals surface area contributed by atoms with Crippen molar-refractivity contribution in [1.82, 2.24) is 0 Å². The molecule has 1 saturated carbocycles. The van der Waals surface area contributed by atoms with Gasteiger partial charge in [-0.25, -0.2) is 4.79 Å². The van der Waals surface area contributed by atoms with Crippen molar-refractivity contribution in [1.29, 1.82) is 0 Å². The summed E-state index contributed by atoms with van der Waals surface area (Å²) in [6.07, 6.45) is 3.13. The molecule has 0 radical (unpaired) electrons. The van der Waals surface area contributed by atoms with E-state index in [-0.39, 0.29) is 0 Å². The summed E-state index contributed by atoms with van der Waals surface area (Å²) >= 11 is 0. The van der Waals surface area contributed by atoms with E-state index in [0.717, 1.165) is 19.3 Å². The third kappa shape index (κ3) is 3.09. The quantitative estimate of drug-likeness (QED) is 0.633. The summed E-state index contributed by atoms with van der Waals surface area (Å²) in [5.41, 5.74) is 5.65. The molecule has 0 unspecified atom stereocenters. The van der Waals surface area contributed by atoms with Crippen LogP contribution in [-0.4, -0.2) is 16.8 Å². The number of carbonyl (C=O) groups excluding carboxylic acids is 1. The highest BCUT2D eigenvalue weighted by atomic mass is 16.6. The molecule has 18 heavy (non-hydrogen) atoms. The molecule has 0 heterocycles. The Labute approximate surface area is 107 Å². The van der Waals surface area contributed by atoms with E-state index in [9.17, 15) is 9.90 Å². The predicted octanol–water partition coefficient (Wildman–Crippen LogP) is 1.88. The zero-order valence-electron chi connectivity index (χ0n) is 10.3. The second kappa shape index (κ2) is 5.50. The number of aliphatic hydroxyl groups excluding tert-OH is 1. The lowest BCUT2D eigenvalue weighted by molar-refractivity contribution is -0.173. The van der Waals surface area contributed by atoms with Crippen molar-refractivity contribution in [3.63, 3.8) is 0 Å². The molecule has 1 atom stereocenters. The number of nitrogens with two attached hydrogens (primary N) is 1. The Morgan fingerprint density at radius 3 is 2.44 bits per heavy atom. The molecule has 1 aliphatic rings. The van der Waals surface area contributed by atoms with Crippen molar-refractivity contribution >= 4 is 5.97 Å². The van der Waals surface area contributed by atoms with Crippen LogP contribution in [0.25, 0.3) is 0 Å². The van der Waals surface area contributed by atoms with Crippen LogP contribution in [0.2, 0.25) is 0 Å². The number of benzene rings is 1. The molecule has 0 spiro atoms. The van der Waals surface area contributed by atoms with Crippen LogP contribution in [0.4, 0.5) is 0 Å². The van der Waals surface area contributed by atoms with Crippen LogP contribution >= 0.6 is 0 Å². The highest BCUT2D eigenvalue weighted by Gasteiger charge is 2.33. The van der Waals surface area contributed by atoms with Crippen molar-refractivity contribution in [2.24, 2.45) is 5.73 Å². The molecule has 0 aliphatic heterocycles. The number of ether oxygens (including phenoxy) is 1. The van der Waals surface area contributed by atoms with Gasteiger partial charge in [0.1, 0.15) is 0 Å². The highest BCUT2D eigenvalue weighted by Crippen LogP contribution is 2.28. The molecular formula is C14H19NO3. The van der Waals surface area contributed by atoms with Gasteiger partial charge >= 0.3 is 5.97 Å². The Hall–Kier alpha value is -1.39. The maximum atomic E-state index is 11.9. The Morgan fingerprint density at radius 1 is 1.22 bits per heavy atom. The van der Waals surface area contributed by atoms with Crippen LogP contribution in [0.3, 0.4) is 0 Å². The third-order valence-corrected chi connectivity index (χ3v) is 3.34. The van der Waals surface area contributed by atoms with Gasteiger partial charge in [-0.05, 0) is 18.4 Å². The van der Waals surface area contributed by atoms with Gasteiger partial charge in [-0.15, -0.1) is 0 Å². The first-order valence-corrected chi connectivity index (χ1v) is 6.35. The second-order valence-corrected chi connectivity index (χ2v) is 4.86. The average Bonchev–Trinajstić information content (AvgIpc) is 2.39. The van der Waals surface area contributed by atoms with Crippen LogP contribution in [0, 0.1) is 0 Å². The lowest BCUT2D eigenvalue weighted by atomic mass is 9.92. The number of aliphatic hydroxyl groups is 1. The Morgan fingerprint density at radius 2 is 1.83 bits per heavy atom. The van der Waals surface area contributed by atoms with Gasteiger partial charge in [-0.2, -0.15) is 0 Å². The number of esters is 1. The third-order valence-electron chi connectivity index (χ3n) is 3.34.